The summed E-state index contributed by atoms with van der Waals surface area (Å²) in [5, 5.41) is 6.79. The van der Waals surface area contributed by atoms with E-state index in [-0.39, 0.29) is 18.2 Å². The van der Waals surface area contributed by atoms with E-state index in [4.69, 9.17) is 11.6 Å². The Morgan fingerprint density at radius 3 is 2.12 bits per heavy atom. The molecule has 41 heavy (non-hydrogen) atoms. The summed E-state index contributed by atoms with van der Waals surface area (Å²) in [6.45, 7) is 2.08. The second kappa shape index (κ2) is 12.4. The van der Waals surface area contributed by atoms with Crippen LogP contribution in [0.5, 0.6) is 0 Å². The Bertz CT molecular complexity index is 1700. The normalized spacial score (nSPS) is 10.9. The first-order valence-corrected chi connectivity index (χ1v) is 14.0. The molecule has 0 aliphatic rings. The van der Waals surface area contributed by atoms with Crippen LogP contribution >= 0.6 is 27.5 Å². The van der Waals surface area contributed by atoms with Crippen LogP contribution in [-0.4, -0.2) is 28.9 Å². The molecule has 1 aromatic heterocycles. The predicted molar refractivity (Wildman–Crippen MR) is 166 cm³/mol. The van der Waals surface area contributed by atoms with E-state index in [2.05, 4.69) is 32.0 Å². The van der Waals surface area contributed by atoms with E-state index < -0.39 is 17.7 Å². The number of benzene rings is 4. The molecule has 0 unspecified atom stereocenters. The van der Waals surface area contributed by atoms with E-state index in [9.17, 15) is 14.4 Å². The topological polar surface area (TPSA) is 92.2 Å². The Balaban J connectivity index is 1.37. The summed E-state index contributed by atoms with van der Waals surface area (Å²) in [5.74, 6) is -2.36. The lowest BCUT2D eigenvalue weighted by Crippen LogP contribution is -2.41. The number of fused-ring (bicyclic) bond motifs is 1. The maximum atomic E-state index is 13.3. The van der Waals surface area contributed by atoms with Gasteiger partial charge in [-0.15, -0.1) is 0 Å². The minimum atomic E-state index is -0.905. The third-order valence-corrected chi connectivity index (χ3v) is 7.62. The first kappa shape index (κ1) is 28.1. The average Bonchev–Trinajstić information content (AvgIpc) is 3.33. The van der Waals surface area contributed by atoms with Crippen LogP contribution in [0.15, 0.2) is 108 Å². The molecule has 0 saturated heterocycles. The molecule has 0 spiro atoms. The lowest BCUT2D eigenvalue weighted by atomic mass is 9.91. The van der Waals surface area contributed by atoms with Crippen molar-refractivity contribution in [1.29, 1.82) is 0 Å². The molecular weight excluding hydrogens is 604 g/mol. The van der Waals surface area contributed by atoms with Gasteiger partial charge in [0.05, 0.1) is 5.52 Å². The highest BCUT2D eigenvalue weighted by atomic mass is 79.9. The van der Waals surface area contributed by atoms with E-state index in [0.29, 0.717) is 21.6 Å². The number of carbonyl (C=O) groups is 3. The first-order chi connectivity index (χ1) is 19.8. The first-order valence-electron chi connectivity index (χ1n) is 12.9. The van der Waals surface area contributed by atoms with Crippen LogP contribution in [0.2, 0.25) is 5.02 Å². The number of hydrogen-bond donors (Lipinski definition) is 3. The number of anilines is 1. The van der Waals surface area contributed by atoms with Crippen molar-refractivity contribution in [2.45, 2.75) is 12.8 Å². The van der Waals surface area contributed by atoms with Gasteiger partial charge in [0.2, 0.25) is 0 Å². The predicted octanol–water partition coefficient (Wildman–Crippen LogP) is 6.64. The number of hydrogen-bond acceptors (Lipinski definition) is 3. The largest absolute Gasteiger partial charge is 0.347 e. The molecular formula is C32H26BrClN4O3. The Morgan fingerprint density at radius 2 is 1.49 bits per heavy atom. The molecule has 5 aromatic rings. The Labute approximate surface area is 250 Å². The fourth-order valence-corrected chi connectivity index (χ4v) is 5.13. The van der Waals surface area contributed by atoms with Crippen LogP contribution in [0.25, 0.3) is 10.9 Å². The van der Waals surface area contributed by atoms with Gasteiger partial charge in [0, 0.05) is 33.0 Å². The number of carbonyl (C=O) groups excluding carboxylic acids is 3. The lowest BCUT2D eigenvalue weighted by molar-refractivity contribution is -0.136. The maximum absolute atomic E-state index is 13.3. The van der Waals surface area contributed by atoms with E-state index in [1.54, 1.807) is 36.4 Å². The molecule has 7 nitrogen and oxygen atoms in total. The Kier molecular flexibility index (Phi) is 8.52. The van der Waals surface area contributed by atoms with Crippen LogP contribution in [0.1, 0.15) is 33.1 Å². The second-order valence-electron chi connectivity index (χ2n) is 9.51. The van der Waals surface area contributed by atoms with Crippen LogP contribution < -0.4 is 16.1 Å². The molecule has 206 valence electrons. The van der Waals surface area contributed by atoms with Crippen molar-refractivity contribution in [2.75, 3.05) is 17.3 Å². The third kappa shape index (κ3) is 6.51. The quantitative estimate of drug-likeness (QED) is 0.176. The Hall–Kier alpha value is -4.40. The molecule has 0 bridgehead atoms. The fourth-order valence-electron chi connectivity index (χ4n) is 4.57. The van der Waals surface area contributed by atoms with E-state index in [1.807, 2.05) is 73.7 Å². The van der Waals surface area contributed by atoms with Crippen LogP contribution in [0.4, 0.5) is 5.69 Å². The molecule has 9 heteroatoms. The number of amides is 3. The molecule has 0 aliphatic carbocycles. The molecule has 0 fully saturated rings. The standard InChI is InChI=1S/C32H26BrClN4O3/c1-20-12-14-25(18-27(20)34)36-30(39)29-17-23-16-24(33)13-15-28(23)38(29)37-32(41)31(40)35-19-26(21-8-4-2-5-9-21)22-10-6-3-7-11-22/h2-18,26H,19H2,1H3,(H,35,40)(H,36,39)(H,37,41). The SMILES string of the molecule is Cc1ccc(NC(=O)c2cc3cc(Br)ccc3n2NC(=O)C(=O)NCC(c2ccccc2)c2ccccc2)cc1Cl. The smallest absolute Gasteiger partial charge is 0.328 e. The van der Waals surface area contributed by atoms with Gasteiger partial charge in [0.15, 0.2) is 0 Å². The summed E-state index contributed by atoms with van der Waals surface area (Å²) >= 11 is 9.67. The van der Waals surface area contributed by atoms with Crippen molar-refractivity contribution in [2.24, 2.45) is 0 Å². The zero-order valence-corrected chi connectivity index (χ0v) is 24.4. The van der Waals surface area contributed by atoms with E-state index in [0.717, 1.165) is 21.2 Å². The van der Waals surface area contributed by atoms with Crippen molar-refractivity contribution in [1.82, 2.24) is 9.99 Å². The molecule has 1 heterocycles. The van der Waals surface area contributed by atoms with Crippen molar-refractivity contribution in [3.8, 4) is 0 Å². The zero-order chi connectivity index (χ0) is 28.9. The molecule has 0 radical (unpaired) electrons. The molecule has 3 amide bonds. The molecule has 3 N–H and O–H groups in total. The fraction of sp³-hybridized carbons (Fsp3) is 0.0938. The highest BCUT2D eigenvalue weighted by Crippen LogP contribution is 2.26. The maximum Gasteiger partial charge on any atom is 0.328 e. The summed E-state index contributed by atoms with van der Waals surface area (Å²) in [7, 11) is 0. The van der Waals surface area contributed by atoms with Gasteiger partial charge >= 0.3 is 11.8 Å². The van der Waals surface area contributed by atoms with Crippen LogP contribution in [-0.2, 0) is 9.59 Å². The monoisotopic (exact) mass is 628 g/mol. The van der Waals surface area contributed by atoms with Crippen molar-refractivity contribution < 1.29 is 14.4 Å². The summed E-state index contributed by atoms with van der Waals surface area (Å²) in [6.07, 6.45) is 0. The molecule has 4 aromatic carbocycles. The van der Waals surface area contributed by atoms with Gasteiger partial charge in [-0.25, -0.2) is 4.68 Å². The summed E-state index contributed by atoms with van der Waals surface area (Å²) < 4.78 is 2.12. The van der Waals surface area contributed by atoms with E-state index >= 15 is 0 Å². The summed E-state index contributed by atoms with van der Waals surface area (Å²) in [4.78, 5) is 39.5. The lowest BCUT2D eigenvalue weighted by Gasteiger charge is -2.19. The van der Waals surface area contributed by atoms with Crippen LogP contribution in [0.3, 0.4) is 0 Å². The number of aromatic nitrogens is 1. The minimum Gasteiger partial charge on any atom is -0.347 e. The Morgan fingerprint density at radius 1 is 0.829 bits per heavy atom. The van der Waals surface area contributed by atoms with Gasteiger partial charge in [-0.1, -0.05) is 94.3 Å². The van der Waals surface area contributed by atoms with Crippen molar-refractivity contribution in [3.63, 3.8) is 0 Å². The van der Waals surface area contributed by atoms with Crippen molar-refractivity contribution in [3.05, 3.63) is 135 Å². The highest BCUT2D eigenvalue weighted by Gasteiger charge is 2.23. The highest BCUT2D eigenvalue weighted by molar-refractivity contribution is 9.10. The molecule has 0 saturated carbocycles. The van der Waals surface area contributed by atoms with Crippen LogP contribution in [0, 0.1) is 6.92 Å². The molecule has 5 rings (SSSR count). The minimum absolute atomic E-state index is 0.141. The zero-order valence-electron chi connectivity index (χ0n) is 22.0. The average molecular weight is 630 g/mol. The second-order valence-corrected chi connectivity index (χ2v) is 10.8. The van der Waals surface area contributed by atoms with Gasteiger partial charge in [-0.2, -0.15) is 0 Å². The third-order valence-electron chi connectivity index (χ3n) is 6.72. The number of aryl methyl sites for hydroxylation is 1. The number of nitrogens with one attached hydrogen (secondary N) is 3. The van der Waals surface area contributed by atoms with Gasteiger partial charge in [0.1, 0.15) is 5.69 Å². The van der Waals surface area contributed by atoms with Gasteiger partial charge in [-0.05, 0) is 60.0 Å². The van der Waals surface area contributed by atoms with Gasteiger partial charge in [0.25, 0.3) is 5.91 Å². The number of rotatable bonds is 7. The van der Waals surface area contributed by atoms with Crippen molar-refractivity contribution >= 4 is 61.8 Å². The summed E-state index contributed by atoms with van der Waals surface area (Å²) in [5.41, 5.74) is 6.70. The van der Waals surface area contributed by atoms with Gasteiger partial charge < -0.3 is 10.6 Å². The van der Waals surface area contributed by atoms with Gasteiger partial charge in [-0.3, -0.25) is 19.8 Å². The van der Waals surface area contributed by atoms with E-state index in [1.165, 1.54) is 4.68 Å². The summed E-state index contributed by atoms with van der Waals surface area (Å²) in [6, 6.07) is 31.7. The number of nitrogens with zero attached hydrogens (tertiary/aromatic N) is 1. The number of halogens is 2. The molecule has 0 aliphatic heterocycles. The molecule has 0 atom stereocenters.